The molecule has 0 bridgehead atoms. The number of carbonyl (C=O) groups excluding carboxylic acids is 4. The van der Waals surface area contributed by atoms with Crippen molar-refractivity contribution in [3.05, 3.63) is 22.3 Å². The standard InChI is InChI=1S/C19H23N5O8S2/c1-4-11(25)31-8-32-18(28)14-9(5-29-2)6-33-17-13(16(27)24(14)17)22-15(26)12(23-30-3)10-7-34-19(20)21-10/h7,13,17H,4-6,8H2,1-3H3,(H2,20,21)(H,22,26)/b23-12+. The number of amides is 2. The molecule has 0 spiro atoms. The molecule has 1 saturated heterocycles. The number of aromatic nitrogens is 1. The van der Waals surface area contributed by atoms with E-state index in [1.807, 2.05) is 0 Å². The first kappa shape index (κ1) is 25.5. The number of thioether (sulfide) groups is 1. The number of nitrogens with zero attached hydrogens (tertiary/aromatic N) is 3. The van der Waals surface area contributed by atoms with E-state index in [0.29, 0.717) is 11.3 Å². The van der Waals surface area contributed by atoms with Gasteiger partial charge in [0.05, 0.1) is 6.61 Å². The molecular weight excluding hydrogens is 490 g/mol. The predicted octanol–water partition coefficient (Wildman–Crippen LogP) is -0.170. The molecule has 0 saturated carbocycles. The Morgan fingerprint density at radius 1 is 1.32 bits per heavy atom. The summed E-state index contributed by atoms with van der Waals surface area (Å²) < 4.78 is 15.0. The Bertz CT molecular complexity index is 1040. The number of carbonyl (C=O) groups is 4. The lowest BCUT2D eigenvalue weighted by molar-refractivity contribution is -0.167. The van der Waals surface area contributed by atoms with Gasteiger partial charge in [0.15, 0.2) is 10.8 Å². The molecule has 2 atom stereocenters. The molecule has 3 heterocycles. The fourth-order valence-corrected chi connectivity index (χ4v) is 5.05. The van der Waals surface area contributed by atoms with Crippen LogP contribution < -0.4 is 11.1 Å². The number of nitrogens with one attached hydrogen (secondary N) is 1. The van der Waals surface area contributed by atoms with Crippen molar-refractivity contribution in [2.45, 2.75) is 24.8 Å². The zero-order chi connectivity index (χ0) is 24.8. The number of methoxy groups -OCH3 is 1. The van der Waals surface area contributed by atoms with Crippen LogP contribution in [0.3, 0.4) is 0 Å². The van der Waals surface area contributed by atoms with E-state index in [1.165, 1.54) is 36.3 Å². The van der Waals surface area contributed by atoms with Crippen LogP contribution in [0, 0.1) is 0 Å². The highest BCUT2D eigenvalue weighted by atomic mass is 32.2. The Labute approximate surface area is 202 Å². The first-order chi connectivity index (χ1) is 16.3. The van der Waals surface area contributed by atoms with Gasteiger partial charge in [-0.2, -0.15) is 0 Å². The van der Waals surface area contributed by atoms with Crippen LogP contribution in [0.25, 0.3) is 0 Å². The van der Waals surface area contributed by atoms with Crippen LogP contribution in [0.5, 0.6) is 0 Å². The molecule has 184 valence electrons. The Balaban J connectivity index is 1.74. The second kappa shape index (κ2) is 11.3. The van der Waals surface area contributed by atoms with E-state index in [1.54, 1.807) is 6.92 Å². The van der Waals surface area contributed by atoms with Gasteiger partial charge in [-0.25, -0.2) is 9.78 Å². The zero-order valence-corrected chi connectivity index (χ0v) is 20.2. The molecular formula is C19H23N5O8S2. The summed E-state index contributed by atoms with van der Waals surface area (Å²) in [4.78, 5) is 59.8. The maximum atomic E-state index is 13.0. The molecule has 1 aromatic rings. The van der Waals surface area contributed by atoms with Crippen molar-refractivity contribution in [1.82, 2.24) is 15.2 Å². The average molecular weight is 514 g/mol. The molecule has 3 rings (SSSR count). The summed E-state index contributed by atoms with van der Waals surface area (Å²) in [5, 5.41) is 7.53. The molecule has 3 N–H and O–H groups in total. The molecule has 15 heteroatoms. The second-order valence-corrected chi connectivity index (χ2v) is 8.85. The lowest BCUT2D eigenvalue weighted by atomic mass is 10.0. The van der Waals surface area contributed by atoms with E-state index in [4.69, 9.17) is 24.8 Å². The van der Waals surface area contributed by atoms with Gasteiger partial charge >= 0.3 is 11.9 Å². The molecule has 13 nitrogen and oxygen atoms in total. The van der Waals surface area contributed by atoms with Crippen LogP contribution in [-0.2, 0) is 38.2 Å². The predicted molar refractivity (Wildman–Crippen MR) is 121 cm³/mol. The van der Waals surface area contributed by atoms with E-state index in [-0.39, 0.29) is 35.3 Å². The third-order valence-corrected chi connectivity index (χ3v) is 6.72. The largest absolute Gasteiger partial charge is 0.428 e. The lowest BCUT2D eigenvalue weighted by Crippen LogP contribution is -2.71. The number of ether oxygens (including phenoxy) is 3. The van der Waals surface area contributed by atoms with Gasteiger partial charge in [0.25, 0.3) is 11.8 Å². The van der Waals surface area contributed by atoms with Crippen molar-refractivity contribution in [3.8, 4) is 0 Å². The minimum atomic E-state index is -0.930. The number of thiazole rings is 1. The van der Waals surface area contributed by atoms with Crippen LogP contribution in [-0.4, -0.2) is 84.1 Å². The van der Waals surface area contributed by atoms with Gasteiger partial charge in [-0.1, -0.05) is 12.1 Å². The normalized spacial score (nSPS) is 19.8. The summed E-state index contributed by atoms with van der Waals surface area (Å²) in [6, 6.07) is -0.930. The number of anilines is 1. The Kier molecular flexibility index (Phi) is 8.46. The van der Waals surface area contributed by atoms with E-state index in [0.717, 1.165) is 11.3 Å². The zero-order valence-electron chi connectivity index (χ0n) is 18.6. The molecule has 2 amide bonds. The summed E-state index contributed by atoms with van der Waals surface area (Å²) >= 11 is 2.47. The van der Waals surface area contributed by atoms with Crippen molar-refractivity contribution < 1.29 is 38.2 Å². The minimum absolute atomic E-state index is 0.00621. The quantitative estimate of drug-likeness (QED) is 0.140. The van der Waals surface area contributed by atoms with Crippen molar-refractivity contribution >= 4 is 57.7 Å². The first-order valence-electron chi connectivity index (χ1n) is 9.94. The van der Waals surface area contributed by atoms with Gasteiger partial charge in [-0.3, -0.25) is 19.3 Å². The Hall–Kier alpha value is -3.17. The summed E-state index contributed by atoms with van der Waals surface area (Å²) in [6.45, 7) is 1.12. The van der Waals surface area contributed by atoms with Gasteiger partial charge in [-0.05, 0) is 5.57 Å². The SMILES string of the molecule is CCC(=O)OCOC(=O)C1=C(COC)CSC2C(NC(=O)/C(=N/OC)c3csc(N)n3)C(=O)N12. The number of nitrogen functional groups attached to an aromatic ring is 1. The van der Waals surface area contributed by atoms with Crippen LogP contribution in [0.2, 0.25) is 0 Å². The second-order valence-electron chi connectivity index (χ2n) is 6.86. The molecule has 2 aliphatic heterocycles. The average Bonchev–Trinajstić information content (AvgIpc) is 3.26. The molecule has 0 aliphatic carbocycles. The van der Waals surface area contributed by atoms with Crippen LogP contribution >= 0.6 is 23.1 Å². The third-order valence-electron chi connectivity index (χ3n) is 4.71. The van der Waals surface area contributed by atoms with Gasteiger partial charge < -0.3 is 30.1 Å². The number of hydrogen-bond acceptors (Lipinski definition) is 13. The smallest absolute Gasteiger partial charge is 0.358 e. The fraction of sp³-hybridized carbons (Fsp3) is 0.474. The van der Waals surface area contributed by atoms with Crippen molar-refractivity contribution in [1.29, 1.82) is 0 Å². The van der Waals surface area contributed by atoms with Crippen molar-refractivity contribution in [3.63, 3.8) is 0 Å². The lowest BCUT2D eigenvalue weighted by Gasteiger charge is -2.49. The number of β-lactam (4-membered cyclic amide) rings is 1. The number of hydrogen-bond donors (Lipinski definition) is 2. The first-order valence-corrected chi connectivity index (χ1v) is 11.9. The summed E-state index contributed by atoms with van der Waals surface area (Å²) in [7, 11) is 2.73. The van der Waals surface area contributed by atoms with Gasteiger partial charge in [0, 0.05) is 24.7 Å². The maximum Gasteiger partial charge on any atom is 0.358 e. The number of fused-ring (bicyclic) bond motifs is 1. The van der Waals surface area contributed by atoms with E-state index in [9.17, 15) is 19.2 Å². The highest BCUT2D eigenvalue weighted by Crippen LogP contribution is 2.40. The summed E-state index contributed by atoms with van der Waals surface area (Å²) in [5.41, 5.74) is 6.23. The minimum Gasteiger partial charge on any atom is -0.428 e. The molecule has 1 aromatic heterocycles. The van der Waals surface area contributed by atoms with Crippen LogP contribution in [0.1, 0.15) is 19.0 Å². The van der Waals surface area contributed by atoms with Gasteiger partial charge in [0.2, 0.25) is 6.79 Å². The molecule has 2 aliphatic rings. The van der Waals surface area contributed by atoms with Crippen LogP contribution in [0.4, 0.5) is 5.13 Å². The van der Waals surface area contributed by atoms with E-state index < -0.39 is 42.0 Å². The Morgan fingerprint density at radius 2 is 2.09 bits per heavy atom. The van der Waals surface area contributed by atoms with E-state index >= 15 is 0 Å². The highest BCUT2D eigenvalue weighted by Gasteiger charge is 2.54. The van der Waals surface area contributed by atoms with Gasteiger partial charge in [0.1, 0.15) is 29.9 Å². The Morgan fingerprint density at radius 3 is 2.71 bits per heavy atom. The highest BCUT2D eigenvalue weighted by molar-refractivity contribution is 8.00. The van der Waals surface area contributed by atoms with Crippen molar-refractivity contribution in [2.24, 2.45) is 5.16 Å². The van der Waals surface area contributed by atoms with E-state index in [2.05, 4.69) is 15.5 Å². The summed E-state index contributed by atoms with van der Waals surface area (Å²) in [6.07, 6.45) is 0.127. The molecule has 2 unspecified atom stereocenters. The third kappa shape index (κ3) is 5.31. The molecule has 34 heavy (non-hydrogen) atoms. The number of nitrogens with two attached hydrogens (primary N) is 1. The van der Waals surface area contributed by atoms with Crippen LogP contribution in [0.15, 0.2) is 21.8 Å². The van der Waals surface area contributed by atoms with Crippen molar-refractivity contribution in [2.75, 3.05) is 39.1 Å². The monoisotopic (exact) mass is 513 g/mol. The molecule has 1 fully saturated rings. The topological polar surface area (TPSA) is 172 Å². The molecule has 0 aromatic carbocycles. The number of esters is 2. The number of rotatable bonds is 10. The summed E-state index contributed by atoms with van der Waals surface area (Å²) in [5.74, 6) is -2.22. The molecule has 0 radical (unpaired) electrons. The number of oxime groups is 1. The van der Waals surface area contributed by atoms with Gasteiger partial charge in [-0.15, -0.1) is 23.1 Å². The fourth-order valence-electron chi connectivity index (χ4n) is 3.18. The maximum absolute atomic E-state index is 13.0.